The summed E-state index contributed by atoms with van der Waals surface area (Å²) in [6.07, 6.45) is 11.5. The van der Waals surface area contributed by atoms with Crippen LogP contribution in [0.1, 0.15) is 79.1 Å². The molecule has 0 saturated heterocycles. The summed E-state index contributed by atoms with van der Waals surface area (Å²) in [6.45, 7) is 14.7. The first-order valence-electron chi connectivity index (χ1n) is 9.11. The third-order valence-corrected chi connectivity index (χ3v) is 4.50. The predicted molar refractivity (Wildman–Crippen MR) is 92.9 cm³/mol. The van der Waals surface area contributed by atoms with Crippen LogP contribution >= 0.6 is 7.81 Å². The molecule has 0 heterocycles. The van der Waals surface area contributed by atoms with Crippen molar-refractivity contribution in [1.82, 2.24) is 0 Å². The summed E-state index contributed by atoms with van der Waals surface area (Å²) in [5.74, 6) is 0. The van der Waals surface area contributed by atoms with Crippen molar-refractivity contribution in [2.24, 2.45) is 0 Å². The molecule has 152 valence electrons. The van der Waals surface area contributed by atoms with Crippen molar-refractivity contribution in [1.29, 1.82) is 0 Å². The van der Waals surface area contributed by atoms with E-state index in [9.17, 15) is 25.2 Å². The Kier molecular flexibility index (Phi) is 11.1. The third-order valence-electron chi connectivity index (χ3n) is 4.50. The van der Waals surface area contributed by atoms with Crippen molar-refractivity contribution in [3.63, 3.8) is 0 Å². The van der Waals surface area contributed by atoms with E-state index >= 15 is 0 Å². The fourth-order valence-corrected chi connectivity index (χ4v) is 2.73. The molecule has 0 amide bonds. The van der Waals surface area contributed by atoms with Crippen LogP contribution in [0, 0.1) is 0 Å². The van der Waals surface area contributed by atoms with Gasteiger partial charge in [-0.1, -0.05) is 45.4 Å². The van der Waals surface area contributed by atoms with E-state index in [0.29, 0.717) is 0 Å². The minimum absolute atomic E-state index is 1.31. The maximum absolute atomic E-state index is 10.7. The average Bonchev–Trinajstić information content (AvgIpc) is 2.43. The van der Waals surface area contributed by atoms with Crippen molar-refractivity contribution < 1.29 is 29.7 Å². The zero-order valence-corrected chi connectivity index (χ0v) is 16.5. The SMILES string of the molecule is CCCCCCCCCC[N+](CC)(CC)CC.F[P-](F)(F)(F)(F)F. The quantitative estimate of drug-likeness (QED) is 0.136. The fourth-order valence-electron chi connectivity index (χ4n) is 2.73. The first-order valence-corrected chi connectivity index (χ1v) is 11.1. The second-order valence-corrected chi connectivity index (χ2v) is 8.36. The number of quaternary nitrogens is 1. The molecule has 0 radical (unpaired) electrons. The van der Waals surface area contributed by atoms with Crippen molar-refractivity contribution in [3.8, 4) is 0 Å². The van der Waals surface area contributed by atoms with Crippen molar-refractivity contribution in [3.05, 3.63) is 0 Å². The van der Waals surface area contributed by atoms with E-state index in [0.717, 1.165) is 0 Å². The Balaban J connectivity index is 0. The first-order chi connectivity index (χ1) is 10.7. The van der Waals surface area contributed by atoms with Gasteiger partial charge < -0.3 is 4.48 Å². The molecule has 0 aromatic rings. The Hall–Kier alpha value is -0.0300. The molecule has 0 atom stereocenters. The summed E-state index contributed by atoms with van der Waals surface area (Å²) in [6, 6.07) is 0. The molecule has 0 aliphatic carbocycles. The van der Waals surface area contributed by atoms with Gasteiger partial charge in [-0.25, -0.2) is 0 Å². The van der Waals surface area contributed by atoms with E-state index in [1.54, 1.807) is 0 Å². The molecular weight excluding hydrogens is 351 g/mol. The van der Waals surface area contributed by atoms with Gasteiger partial charge in [0, 0.05) is 0 Å². The van der Waals surface area contributed by atoms with Gasteiger partial charge >= 0.3 is 33.0 Å². The van der Waals surface area contributed by atoms with E-state index in [4.69, 9.17) is 0 Å². The summed E-state index contributed by atoms with van der Waals surface area (Å²) < 4.78 is 60.5. The molecule has 0 bridgehead atoms. The van der Waals surface area contributed by atoms with Crippen molar-refractivity contribution in [2.45, 2.75) is 79.1 Å². The van der Waals surface area contributed by atoms with Crippen LogP contribution in [0.25, 0.3) is 0 Å². The van der Waals surface area contributed by atoms with Gasteiger partial charge in [-0.3, -0.25) is 0 Å². The van der Waals surface area contributed by atoms with Crippen LogP contribution in [-0.4, -0.2) is 30.7 Å². The molecule has 0 aliphatic heterocycles. The molecule has 0 aliphatic rings. The van der Waals surface area contributed by atoms with E-state index in [2.05, 4.69) is 27.7 Å². The standard InChI is InChI=1S/C16H36N.F6P/c1-5-9-10-11-12-13-14-15-16-17(6-2,7-3)8-4;1-7(2,3,4,5)6/h5-16H2,1-4H3;/q+1;-1. The number of hydrogen-bond donors (Lipinski definition) is 0. The summed E-state index contributed by atoms with van der Waals surface area (Å²) in [7, 11) is -10.7. The summed E-state index contributed by atoms with van der Waals surface area (Å²) in [5.41, 5.74) is 0. The van der Waals surface area contributed by atoms with Crippen molar-refractivity contribution >= 4 is 7.81 Å². The van der Waals surface area contributed by atoms with Gasteiger partial charge in [0.25, 0.3) is 0 Å². The Morgan fingerprint density at radius 1 is 0.542 bits per heavy atom. The maximum atomic E-state index is 9.87. The second kappa shape index (κ2) is 10.2. The number of unbranched alkanes of at least 4 members (excludes halogenated alkanes) is 7. The predicted octanol–water partition coefficient (Wildman–Crippen LogP) is 8.39. The van der Waals surface area contributed by atoms with Gasteiger partial charge in [-0.2, -0.15) is 0 Å². The molecular formula is C16H36F6NP. The van der Waals surface area contributed by atoms with Crippen LogP contribution in [0.5, 0.6) is 0 Å². The number of hydrogen-bond acceptors (Lipinski definition) is 0. The number of nitrogens with zero attached hydrogens (tertiary/aromatic N) is 1. The molecule has 0 rings (SSSR count). The normalized spacial score (nSPS) is 15.2. The molecule has 0 N–H and O–H groups in total. The van der Waals surface area contributed by atoms with Crippen LogP contribution in [-0.2, 0) is 0 Å². The third kappa shape index (κ3) is 24.2. The molecule has 0 spiro atoms. The molecule has 24 heavy (non-hydrogen) atoms. The van der Waals surface area contributed by atoms with E-state index in [-0.39, 0.29) is 0 Å². The Labute approximate surface area is 143 Å². The van der Waals surface area contributed by atoms with Gasteiger partial charge in [-0.15, -0.1) is 0 Å². The molecule has 1 nitrogen and oxygen atoms in total. The van der Waals surface area contributed by atoms with Crippen LogP contribution < -0.4 is 0 Å². The van der Waals surface area contributed by atoms with E-state index < -0.39 is 7.81 Å². The summed E-state index contributed by atoms with van der Waals surface area (Å²) in [5, 5.41) is 0. The topological polar surface area (TPSA) is 0 Å². The van der Waals surface area contributed by atoms with E-state index in [1.165, 1.54) is 82.0 Å². The van der Waals surface area contributed by atoms with Gasteiger partial charge in [0.1, 0.15) is 0 Å². The number of rotatable bonds is 12. The van der Waals surface area contributed by atoms with Gasteiger partial charge in [0.05, 0.1) is 26.2 Å². The van der Waals surface area contributed by atoms with Crippen LogP contribution in [0.2, 0.25) is 0 Å². The number of halogens is 6. The first kappa shape index (κ1) is 26.2. The van der Waals surface area contributed by atoms with Crippen LogP contribution in [0.3, 0.4) is 0 Å². The molecule has 0 aromatic heterocycles. The molecule has 0 saturated carbocycles. The summed E-state index contributed by atoms with van der Waals surface area (Å²) in [4.78, 5) is 0. The van der Waals surface area contributed by atoms with Gasteiger partial charge in [-0.05, 0) is 33.6 Å². The van der Waals surface area contributed by atoms with Gasteiger partial charge in [0.2, 0.25) is 0 Å². The molecule has 0 unspecified atom stereocenters. The monoisotopic (exact) mass is 387 g/mol. The Morgan fingerprint density at radius 2 is 0.833 bits per heavy atom. The Morgan fingerprint density at radius 3 is 1.12 bits per heavy atom. The van der Waals surface area contributed by atoms with Crippen LogP contribution in [0.15, 0.2) is 0 Å². The fraction of sp³-hybridized carbons (Fsp3) is 1.00. The minimum atomic E-state index is -10.7. The van der Waals surface area contributed by atoms with Gasteiger partial charge in [0.15, 0.2) is 0 Å². The zero-order valence-electron chi connectivity index (χ0n) is 15.6. The summed E-state index contributed by atoms with van der Waals surface area (Å²) >= 11 is 0. The molecule has 0 fully saturated rings. The molecule has 8 heteroatoms. The Bertz CT molecular complexity index is 291. The van der Waals surface area contributed by atoms with Crippen LogP contribution in [0.4, 0.5) is 25.2 Å². The molecule has 0 aromatic carbocycles. The average molecular weight is 387 g/mol. The zero-order chi connectivity index (χ0) is 19.4. The van der Waals surface area contributed by atoms with E-state index in [1.807, 2.05) is 0 Å². The second-order valence-electron chi connectivity index (χ2n) is 6.45. The van der Waals surface area contributed by atoms with Crippen molar-refractivity contribution in [2.75, 3.05) is 26.2 Å².